The Morgan fingerprint density at radius 2 is 1.75 bits per heavy atom. The number of hydrogen-bond donors (Lipinski definition) is 0. The molecular weight excluding hydrogens is 476 g/mol. The van der Waals surface area contributed by atoms with Crippen LogP contribution in [0.3, 0.4) is 0 Å². The van der Waals surface area contributed by atoms with Crippen molar-refractivity contribution in [1.29, 1.82) is 0 Å². The largest absolute Gasteiger partial charge is 0.466 e. The van der Waals surface area contributed by atoms with Crippen molar-refractivity contribution >= 4 is 40.1 Å². The van der Waals surface area contributed by atoms with Crippen LogP contribution in [0.5, 0.6) is 5.75 Å². The van der Waals surface area contributed by atoms with Crippen LogP contribution in [0.2, 0.25) is 0 Å². The molecular formula is C28H22N2O5S. The molecule has 7 nitrogen and oxygen atoms in total. The molecule has 0 N–H and O–H groups in total. The Morgan fingerprint density at radius 3 is 2.47 bits per heavy atom. The lowest BCUT2D eigenvalue weighted by molar-refractivity contribution is -0.136. The summed E-state index contributed by atoms with van der Waals surface area (Å²) in [6.07, 6.45) is 1.87. The molecule has 4 aromatic rings. The predicted octanol–water partition coefficient (Wildman–Crippen LogP) is 3.49. The van der Waals surface area contributed by atoms with Crippen LogP contribution in [0, 0.1) is 0 Å². The lowest BCUT2D eigenvalue weighted by Gasteiger charge is -2.24. The van der Waals surface area contributed by atoms with Gasteiger partial charge in [0.05, 0.1) is 29.0 Å². The number of aromatic nitrogens is 1. The number of esters is 2. The second kappa shape index (κ2) is 9.39. The maximum atomic E-state index is 13.8. The van der Waals surface area contributed by atoms with E-state index in [0.717, 1.165) is 16.3 Å². The monoisotopic (exact) mass is 498 g/mol. The average Bonchev–Trinajstić information content (AvgIpc) is 3.17. The summed E-state index contributed by atoms with van der Waals surface area (Å²) in [6.45, 7) is 3.05. The van der Waals surface area contributed by atoms with Gasteiger partial charge >= 0.3 is 11.9 Å². The van der Waals surface area contributed by atoms with E-state index in [1.54, 1.807) is 31.2 Å². The minimum Gasteiger partial charge on any atom is -0.466 e. The zero-order chi connectivity index (χ0) is 25.4. The lowest BCUT2D eigenvalue weighted by atomic mass is 9.96. The highest BCUT2D eigenvalue weighted by molar-refractivity contribution is 7.07. The molecule has 0 fully saturated rings. The van der Waals surface area contributed by atoms with Crippen LogP contribution in [0.4, 0.5) is 0 Å². The zero-order valence-corrected chi connectivity index (χ0v) is 20.7. The fourth-order valence-electron chi connectivity index (χ4n) is 4.41. The summed E-state index contributed by atoms with van der Waals surface area (Å²) in [5.41, 5.74) is 2.09. The fourth-order valence-corrected chi connectivity index (χ4v) is 5.45. The van der Waals surface area contributed by atoms with E-state index in [9.17, 15) is 14.4 Å². The first kappa shape index (κ1) is 23.4. The van der Waals surface area contributed by atoms with Crippen molar-refractivity contribution in [2.24, 2.45) is 4.99 Å². The van der Waals surface area contributed by atoms with E-state index in [2.05, 4.69) is 4.99 Å². The molecule has 0 bridgehead atoms. The van der Waals surface area contributed by atoms with Crippen molar-refractivity contribution in [3.63, 3.8) is 0 Å². The van der Waals surface area contributed by atoms with Gasteiger partial charge in [0.25, 0.3) is 5.56 Å². The van der Waals surface area contributed by atoms with Crippen molar-refractivity contribution in [2.45, 2.75) is 19.9 Å². The minimum absolute atomic E-state index is 0.255. The first-order valence-corrected chi connectivity index (χ1v) is 12.1. The van der Waals surface area contributed by atoms with E-state index >= 15 is 0 Å². The Hall–Kier alpha value is -4.30. The quantitative estimate of drug-likeness (QED) is 0.318. The molecule has 0 radical (unpaired) electrons. The summed E-state index contributed by atoms with van der Waals surface area (Å²) in [5, 5.41) is 2.11. The Balaban J connectivity index is 1.71. The molecule has 0 saturated heterocycles. The smallest absolute Gasteiger partial charge is 0.338 e. The SMILES string of the molecule is COC(=O)C1=C(C)N=c2sc(=Cc3cccc4ccccc34)c(=O)n2C1c1ccc(OC(C)=O)cc1. The number of methoxy groups -OCH3 is 1. The van der Waals surface area contributed by atoms with E-state index in [0.29, 0.717) is 26.3 Å². The Bertz CT molecular complexity index is 1720. The molecule has 0 saturated carbocycles. The number of fused-ring (bicyclic) bond motifs is 2. The van der Waals surface area contributed by atoms with Crippen LogP contribution in [-0.4, -0.2) is 23.6 Å². The summed E-state index contributed by atoms with van der Waals surface area (Å²) in [4.78, 5) is 43.0. The third-order valence-corrected chi connectivity index (χ3v) is 6.98. The number of rotatable bonds is 4. The lowest BCUT2D eigenvalue weighted by Crippen LogP contribution is -2.39. The van der Waals surface area contributed by atoms with Crippen molar-refractivity contribution < 1.29 is 19.1 Å². The van der Waals surface area contributed by atoms with Crippen molar-refractivity contribution in [1.82, 2.24) is 4.57 Å². The van der Waals surface area contributed by atoms with Crippen LogP contribution in [-0.2, 0) is 14.3 Å². The van der Waals surface area contributed by atoms with Gasteiger partial charge in [-0.1, -0.05) is 65.9 Å². The Morgan fingerprint density at radius 1 is 1.03 bits per heavy atom. The van der Waals surface area contributed by atoms with Gasteiger partial charge < -0.3 is 9.47 Å². The third-order valence-electron chi connectivity index (χ3n) is 5.99. The molecule has 5 rings (SSSR count). The standard InChI is InChI=1S/C28H22N2O5S/c1-16-24(27(33)34-3)25(19-11-13-21(14-12-19)35-17(2)31)30-26(32)23(36-28(30)29-16)15-20-9-6-8-18-7-4-5-10-22(18)20/h4-15,25H,1-3H3. The van der Waals surface area contributed by atoms with Crippen LogP contribution in [0.15, 0.2) is 87.8 Å². The second-order valence-electron chi connectivity index (χ2n) is 8.30. The summed E-state index contributed by atoms with van der Waals surface area (Å²) >= 11 is 1.27. The minimum atomic E-state index is -0.741. The number of ether oxygens (including phenoxy) is 2. The Labute approximate surface area is 210 Å². The number of hydrogen-bond acceptors (Lipinski definition) is 7. The van der Waals surface area contributed by atoms with Crippen LogP contribution in [0.1, 0.15) is 31.0 Å². The molecule has 0 spiro atoms. The highest BCUT2D eigenvalue weighted by atomic mass is 32.1. The van der Waals surface area contributed by atoms with E-state index in [1.165, 1.54) is 29.9 Å². The van der Waals surface area contributed by atoms with E-state index in [1.807, 2.05) is 48.5 Å². The van der Waals surface area contributed by atoms with Crippen LogP contribution in [0.25, 0.3) is 16.8 Å². The topological polar surface area (TPSA) is 87.0 Å². The summed E-state index contributed by atoms with van der Waals surface area (Å²) in [5.74, 6) is -0.626. The molecule has 0 aliphatic carbocycles. The van der Waals surface area contributed by atoms with E-state index < -0.39 is 18.0 Å². The fraction of sp³-hybridized carbons (Fsp3) is 0.143. The maximum Gasteiger partial charge on any atom is 0.338 e. The van der Waals surface area contributed by atoms with Gasteiger partial charge in [-0.15, -0.1) is 0 Å². The summed E-state index contributed by atoms with van der Waals surface area (Å²) in [7, 11) is 1.30. The van der Waals surface area contributed by atoms with Crippen molar-refractivity contribution in [3.05, 3.63) is 109 Å². The Kier molecular flexibility index (Phi) is 6.12. The van der Waals surface area contributed by atoms with Gasteiger partial charge in [0.15, 0.2) is 4.80 Å². The molecule has 2 heterocycles. The number of allylic oxidation sites excluding steroid dienone is 1. The molecule has 8 heteroatoms. The van der Waals surface area contributed by atoms with Crippen molar-refractivity contribution in [2.75, 3.05) is 7.11 Å². The summed E-state index contributed by atoms with van der Waals surface area (Å²) < 4.78 is 12.2. The highest BCUT2D eigenvalue weighted by Crippen LogP contribution is 2.31. The first-order chi connectivity index (χ1) is 17.4. The molecule has 0 amide bonds. The van der Waals surface area contributed by atoms with Gasteiger partial charge in [0.2, 0.25) is 0 Å². The summed E-state index contributed by atoms with van der Waals surface area (Å²) in [6, 6.07) is 19.9. The number of carbonyl (C=O) groups is 2. The number of thiazole rings is 1. The number of nitrogens with zero attached hydrogens (tertiary/aromatic N) is 2. The third kappa shape index (κ3) is 4.16. The average molecular weight is 499 g/mol. The van der Waals surface area contributed by atoms with E-state index in [-0.39, 0.29) is 11.1 Å². The first-order valence-electron chi connectivity index (χ1n) is 11.2. The zero-order valence-electron chi connectivity index (χ0n) is 19.8. The molecule has 1 aromatic heterocycles. The van der Waals surface area contributed by atoms with Gasteiger partial charge in [-0.25, -0.2) is 9.79 Å². The highest BCUT2D eigenvalue weighted by Gasteiger charge is 2.33. The van der Waals surface area contributed by atoms with Gasteiger partial charge in [-0.2, -0.15) is 0 Å². The molecule has 1 aliphatic heterocycles. The number of carbonyl (C=O) groups excluding carboxylic acids is 2. The van der Waals surface area contributed by atoms with Crippen molar-refractivity contribution in [3.8, 4) is 5.75 Å². The maximum absolute atomic E-state index is 13.8. The second-order valence-corrected chi connectivity index (χ2v) is 9.31. The number of benzene rings is 3. The molecule has 1 atom stereocenters. The molecule has 1 unspecified atom stereocenters. The van der Waals surface area contributed by atoms with Crippen LogP contribution >= 0.6 is 11.3 Å². The van der Waals surface area contributed by atoms with E-state index in [4.69, 9.17) is 9.47 Å². The van der Waals surface area contributed by atoms with Gasteiger partial charge in [-0.3, -0.25) is 14.2 Å². The van der Waals surface area contributed by atoms with Crippen LogP contribution < -0.4 is 19.6 Å². The van der Waals surface area contributed by atoms with Gasteiger partial charge in [-0.05, 0) is 47.0 Å². The van der Waals surface area contributed by atoms with Gasteiger partial charge in [0, 0.05) is 6.92 Å². The molecule has 36 heavy (non-hydrogen) atoms. The predicted molar refractivity (Wildman–Crippen MR) is 137 cm³/mol. The normalized spacial score (nSPS) is 15.4. The molecule has 1 aliphatic rings. The van der Waals surface area contributed by atoms with Gasteiger partial charge in [0.1, 0.15) is 5.75 Å². The molecule has 180 valence electrons. The molecule has 3 aromatic carbocycles.